The highest BCUT2D eigenvalue weighted by Crippen LogP contribution is 2.41. The van der Waals surface area contributed by atoms with Crippen molar-refractivity contribution in [2.75, 3.05) is 7.11 Å². The lowest BCUT2D eigenvalue weighted by Crippen LogP contribution is -1.94. The lowest BCUT2D eigenvalue weighted by atomic mass is 9.95. The summed E-state index contributed by atoms with van der Waals surface area (Å²) in [6, 6.07) is 37.7. The third kappa shape index (κ3) is 4.69. The number of hydrogen-bond donors (Lipinski definition) is 0. The second-order valence-electron chi connectivity index (χ2n) is 6.69. The molecule has 4 aromatic carbocycles. The standard InChI is InChI=1S/C27H21BrOS/c1-29-22-18-16-21(17-19-22)27(28)26(20-10-4-2-5-11-20)24-14-8-9-15-25(24)30-23-12-6-3-7-13-23/h2-19H,1H3/b27-26+. The lowest BCUT2D eigenvalue weighted by Gasteiger charge is -2.16. The topological polar surface area (TPSA) is 9.23 Å². The Labute approximate surface area is 190 Å². The van der Waals surface area contributed by atoms with E-state index < -0.39 is 0 Å². The highest BCUT2D eigenvalue weighted by molar-refractivity contribution is 9.15. The Hall–Kier alpha value is -2.75. The molecule has 0 aliphatic heterocycles. The second kappa shape index (κ2) is 9.84. The summed E-state index contributed by atoms with van der Waals surface area (Å²) in [5.41, 5.74) is 4.63. The molecule has 0 amide bonds. The van der Waals surface area contributed by atoms with Crippen LogP contribution in [0, 0.1) is 0 Å². The van der Waals surface area contributed by atoms with Crippen LogP contribution < -0.4 is 4.74 Å². The molecule has 0 unspecified atom stereocenters. The summed E-state index contributed by atoms with van der Waals surface area (Å²) in [5, 5.41) is 0. The molecule has 0 N–H and O–H groups in total. The van der Waals surface area contributed by atoms with Crippen molar-refractivity contribution in [2.24, 2.45) is 0 Å². The van der Waals surface area contributed by atoms with Gasteiger partial charge in [-0.1, -0.05) is 90.6 Å². The van der Waals surface area contributed by atoms with Gasteiger partial charge in [-0.15, -0.1) is 0 Å². The van der Waals surface area contributed by atoms with Crippen LogP contribution in [0.25, 0.3) is 10.1 Å². The van der Waals surface area contributed by atoms with Crippen LogP contribution in [0.15, 0.2) is 119 Å². The van der Waals surface area contributed by atoms with Gasteiger partial charge < -0.3 is 4.74 Å². The van der Waals surface area contributed by atoms with E-state index in [1.54, 1.807) is 18.9 Å². The number of halogens is 1. The number of rotatable bonds is 6. The van der Waals surface area contributed by atoms with Crippen LogP contribution in [-0.2, 0) is 0 Å². The van der Waals surface area contributed by atoms with Crippen LogP contribution in [0.5, 0.6) is 5.75 Å². The molecule has 0 saturated carbocycles. The summed E-state index contributed by atoms with van der Waals surface area (Å²) in [5.74, 6) is 0.848. The predicted octanol–water partition coefficient (Wildman–Crippen LogP) is 8.16. The summed E-state index contributed by atoms with van der Waals surface area (Å²) in [6.07, 6.45) is 0. The van der Waals surface area contributed by atoms with Crippen LogP contribution in [0.3, 0.4) is 0 Å². The Morgan fingerprint density at radius 2 is 1.27 bits per heavy atom. The molecular weight excluding hydrogens is 452 g/mol. The molecular formula is C27H21BrOS. The monoisotopic (exact) mass is 472 g/mol. The highest BCUT2D eigenvalue weighted by atomic mass is 79.9. The largest absolute Gasteiger partial charge is 0.497 e. The average Bonchev–Trinajstić information content (AvgIpc) is 2.82. The molecule has 0 aliphatic rings. The quantitative estimate of drug-likeness (QED) is 0.261. The van der Waals surface area contributed by atoms with E-state index in [-0.39, 0.29) is 0 Å². The molecule has 4 rings (SSSR count). The van der Waals surface area contributed by atoms with E-state index >= 15 is 0 Å². The summed E-state index contributed by atoms with van der Waals surface area (Å²) in [4.78, 5) is 2.44. The smallest absolute Gasteiger partial charge is 0.118 e. The Bertz CT molecular complexity index is 1140. The normalized spacial score (nSPS) is 11.7. The SMILES string of the molecule is COc1ccc(/C(Br)=C(/c2ccccc2)c2ccccc2Sc2ccccc2)cc1. The van der Waals surface area contributed by atoms with E-state index in [0.717, 1.165) is 15.8 Å². The van der Waals surface area contributed by atoms with Gasteiger partial charge in [-0.05, 0) is 63.0 Å². The molecule has 0 saturated heterocycles. The fraction of sp³-hybridized carbons (Fsp3) is 0.0370. The van der Waals surface area contributed by atoms with Crippen molar-refractivity contribution >= 4 is 37.7 Å². The fourth-order valence-electron chi connectivity index (χ4n) is 3.26. The first-order valence-corrected chi connectivity index (χ1v) is 11.3. The minimum Gasteiger partial charge on any atom is -0.497 e. The van der Waals surface area contributed by atoms with E-state index in [2.05, 4.69) is 101 Å². The van der Waals surface area contributed by atoms with Gasteiger partial charge in [-0.25, -0.2) is 0 Å². The van der Waals surface area contributed by atoms with Crippen molar-refractivity contribution in [3.05, 3.63) is 126 Å². The zero-order chi connectivity index (χ0) is 20.8. The molecule has 4 aromatic rings. The zero-order valence-electron chi connectivity index (χ0n) is 16.6. The van der Waals surface area contributed by atoms with Crippen molar-refractivity contribution in [3.63, 3.8) is 0 Å². The van der Waals surface area contributed by atoms with Crippen LogP contribution in [0.4, 0.5) is 0 Å². The van der Waals surface area contributed by atoms with Crippen LogP contribution in [-0.4, -0.2) is 7.11 Å². The molecule has 0 bridgehead atoms. The second-order valence-corrected chi connectivity index (χ2v) is 8.60. The lowest BCUT2D eigenvalue weighted by molar-refractivity contribution is 0.415. The van der Waals surface area contributed by atoms with E-state index in [9.17, 15) is 0 Å². The predicted molar refractivity (Wildman–Crippen MR) is 131 cm³/mol. The van der Waals surface area contributed by atoms with E-state index in [0.29, 0.717) is 0 Å². The molecule has 0 radical (unpaired) electrons. The molecule has 1 nitrogen and oxygen atoms in total. The van der Waals surface area contributed by atoms with Gasteiger partial charge in [-0.3, -0.25) is 0 Å². The fourth-order valence-corrected chi connectivity index (χ4v) is 4.95. The van der Waals surface area contributed by atoms with Crippen LogP contribution in [0.1, 0.15) is 16.7 Å². The number of methoxy groups -OCH3 is 1. The van der Waals surface area contributed by atoms with Gasteiger partial charge in [0.25, 0.3) is 0 Å². The third-order valence-corrected chi connectivity index (χ3v) is 6.69. The van der Waals surface area contributed by atoms with Crippen molar-refractivity contribution in [1.82, 2.24) is 0 Å². The van der Waals surface area contributed by atoms with Crippen LogP contribution >= 0.6 is 27.7 Å². The molecule has 0 aromatic heterocycles. The molecule has 3 heteroatoms. The molecule has 0 spiro atoms. The maximum atomic E-state index is 5.33. The minimum absolute atomic E-state index is 0.848. The summed E-state index contributed by atoms with van der Waals surface area (Å²) >= 11 is 5.70. The van der Waals surface area contributed by atoms with Gasteiger partial charge in [0.2, 0.25) is 0 Å². The van der Waals surface area contributed by atoms with Gasteiger partial charge in [0.15, 0.2) is 0 Å². The summed E-state index contributed by atoms with van der Waals surface area (Å²) in [7, 11) is 1.69. The first kappa shape index (κ1) is 20.5. The van der Waals surface area contributed by atoms with Gasteiger partial charge >= 0.3 is 0 Å². The summed E-state index contributed by atoms with van der Waals surface area (Å²) in [6.45, 7) is 0. The van der Waals surface area contributed by atoms with Gasteiger partial charge in [0.1, 0.15) is 5.75 Å². The van der Waals surface area contributed by atoms with E-state index in [4.69, 9.17) is 4.74 Å². The van der Waals surface area contributed by atoms with Gasteiger partial charge in [0.05, 0.1) is 7.11 Å². The molecule has 0 atom stereocenters. The van der Waals surface area contributed by atoms with E-state index in [1.807, 2.05) is 24.3 Å². The van der Waals surface area contributed by atoms with E-state index in [1.165, 1.54) is 26.5 Å². The summed E-state index contributed by atoms with van der Waals surface area (Å²) < 4.78 is 6.38. The Balaban J connectivity index is 1.87. The highest BCUT2D eigenvalue weighted by Gasteiger charge is 2.16. The van der Waals surface area contributed by atoms with Gasteiger partial charge in [0, 0.05) is 19.8 Å². The first-order valence-electron chi connectivity index (χ1n) is 9.68. The van der Waals surface area contributed by atoms with Crippen molar-refractivity contribution in [2.45, 2.75) is 9.79 Å². The van der Waals surface area contributed by atoms with Crippen LogP contribution in [0.2, 0.25) is 0 Å². The number of ether oxygens (including phenoxy) is 1. The molecule has 148 valence electrons. The van der Waals surface area contributed by atoms with Crippen molar-refractivity contribution in [3.8, 4) is 5.75 Å². The molecule has 0 heterocycles. The Morgan fingerprint density at radius 3 is 1.93 bits per heavy atom. The zero-order valence-corrected chi connectivity index (χ0v) is 19.0. The Morgan fingerprint density at radius 1 is 0.667 bits per heavy atom. The number of hydrogen-bond acceptors (Lipinski definition) is 2. The molecule has 30 heavy (non-hydrogen) atoms. The molecule has 0 fully saturated rings. The Kier molecular flexibility index (Phi) is 6.73. The van der Waals surface area contributed by atoms with Crippen molar-refractivity contribution in [1.29, 1.82) is 0 Å². The third-order valence-electron chi connectivity index (χ3n) is 4.75. The number of benzene rings is 4. The van der Waals surface area contributed by atoms with Gasteiger partial charge in [-0.2, -0.15) is 0 Å². The maximum Gasteiger partial charge on any atom is 0.118 e. The minimum atomic E-state index is 0.848. The first-order chi connectivity index (χ1) is 14.8. The maximum absolute atomic E-state index is 5.33. The average molecular weight is 473 g/mol. The molecule has 0 aliphatic carbocycles. The van der Waals surface area contributed by atoms with Crippen molar-refractivity contribution < 1.29 is 4.74 Å².